The largest absolute Gasteiger partial charge is 0.497 e. The smallest absolute Gasteiger partial charge is 0.118 e. The Morgan fingerprint density at radius 1 is 1.11 bits per heavy atom. The maximum atomic E-state index is 6.19. The molecule has 0 aliphatic rings. The summed E-state index contributed by atoms with van der Waals surface area (Å²) in [4.78, 5) is 0. The molecule has 4 heteroatoms. The van der Waals surface area contributed by atoms with Crippen LogP contribution in [0.15, 0.2) is 42.5 Å². The molecule has 0 aromatic heterocycles. The highest BCUT2D eigenvalue weighted by Crippen LogP contribution is 2.30. The van der Waals surface area contributed by atoms with Gasteiger partial charge in [-0.05, 0) is 35.7 Å². The van der Waals surface area contributed by atoms with Gasteiger partial charge in [0.05, 0.1) is 17.2 Å². The maximum absolute atomic E-state index is 6.19. The normalized spacial score (nSPS) is 12.2. The number of methoxy groups -OCH3 is 1. The second-order valence-corrected chi connectivity index (χ2v) is 5.09. The van der Waals surface area contributed by atoms with Gasteiger partial charge in [0.1, 0.15) is 5.75 Å². The number of hydrogen-bond donors (Lipinski definition) is 1. The summed E-state index contributed by atoms with van der Waals surface area (Å²) in [5, 5.41) is 1.06. The van der Waals surface area contributed by atoms with E-state index in [1.807, 2.05) is 36.4 Å². The fraction of sp³-hybridized carbons (Fsp3) is 0.200. The van der Waals surface area contributed by atoms with Crippen LogP contribution in [0.1, 0.15) is 17.2 Å². The summed E-state index contributed by atoms with van der Waals surface area (Å²) in [6, 6.07) is 13.2. The fourth-order valence-corrected chi connectivity index (χ4v) is 2.38. The standard InChI is InChI=1S/C15H15Cl2NO/c1-19-11-7-5-10(6-8-11)9-14(18)12-3-2-4-13(16)15(12)17/h2-8,14H,9,18H2,1H3. The van der Waals surface area contributed by atoms with Gasteiger partial charge >= 0.3 is 0 Å². The van der Waals surface area contributed by atoms with Crippen LogP contribution in [0.3, 0.4) is 0 Å². The molecule has 0 fully saturated rings. The molecule has 2 aromatic rings. The summed E-state index contributed by atoms with van der Waals surface area (Å²) in [7, 11) is 1.65. The van der Waals surface area contributed by atoms with E-state index < -0.39 is 0 Å². The highest BCUT2D eigenvalue weighted by molar-refractivity contribution is 6.42. The van der Waals surface area contributed by atoms with Crippen molar-refractivity contribution in [3.05, 3.63) is 63.6 Å². The van der Waals surface area contributed by atoms with E-state index in [4.69, 9.17) is 33.7 Å². The Kier molecular flexibility index (Phi) is 4.70. The summed E-state index contributed by atoms with van der Waals surface area (Å²) in [6.07, 6.45) is 0.698. The van der Waals surface area contributed by atoms with Crippen molar-refractivity contribution in [2.45, 2.75) is 12.5 Å². The molecular formula is C15H15Cl2NO. The second-order valence-electron chi connectivity index (χ2n) is 4.30. The number of benzene rings is 2. The zero-order valence-electron chi connectivity index (χ0n) is 10.6. The predicted molar refractivity (Wildman–Crippen MR) is 80.1 cm³/mol. The molecule has 0 aliphatic carbocycles. The van der Waals surface area contributed by atoms with Crippen LogP contribution >= 0.6 is 23.2 Å². The first-order valence-corrected chi connectivity index (χ1v) is 6.70. The molecule has 1 unspecified atom stereocenters. The van der Waals surface area contributed by atoms with E-state index in [0.717, 1.165) is 16.9 Å². The van der Waals surface area contributed by atoms with E-state index >= 15 is 0 Å². The van der Waals surface area contributed by atoms with Crippen LogP contribution in [-0.4, -0.2) is 7.11 Å². The molecule has 2 nitrogen and oxygen atoms in total. The van der Waals surface area contributed by atoms with Crippen molar-refractivity contribution in [2.24, 2.45) is 5.73 Å². The zero-order valence-corrected chi connectivity index (χ0v) is 12.1. The van der Waals surface area contributed by atoms with Gasteiger partial charge in [-0.3, -0.25) is 0 Å². The molecule has 0 amide bonds. The third-order valence-electron chi connectivity index (χ3n) is 3.00. The van der Waals surface area contributed by atoms with Crippen LogP contribution in [0, 0.1) is 0 Å². The molecule has 0 bridgehead atoms. The van der Waals surface area contributed by atoms with Crippen molar-refractivity contribution in [2.75, 3.05) is 7.11 Å². The van der Waals surface area contributed by atoms with Crippen molar-refractivity contribution < 1.29 is 4.74 Å². The number of hydrogen-bond acceptors (Lipinski definition) is 2. The maximum Gasteiger partial charge on any atom is 0.118 e. The Bertz CT molecular complexity index is 555. The Labute approximate surface area is 123 Å². The van der Waals surface area contributed by atoms with Crippen molar-refractivity contribution in [3.63, 3.8) is 0 Å². The average Bonchev–Trinajstić information content (AvgIpc) is 2.42. The molecule has 100 valence electrons. The van der Waals surface area contributed by atoms with E-state index in [1.165, 1.54) is 0 Å². The van der Waals surface area contributed by atoms with Gasteiger partial charge in [0.2, 0.25) is 0 Å². The monoisotopic (exact) mass is 295 g/mol. The first kappa shape index (κ1) is 14.2. The van der Waals surface area contributed by atoms with Gasteiger partial charge in [-0.15, -0.1) is 0 Å². The van der Waals surface area contributed by atoms with Gasteiger partial charge in [-0.25, -0.2) is 0 Å². The molecule has 0 heterocycles. The van der Waals surface area contributed by atoms with Gasteiger partial charge in [-0.2, -0.15) is 0 Å². The lowest BCUT2D eigenvalue weighted by molar-refractivity contribution is 0.414. The highest BCUT2D eigenvalue weighted by atomic mass is 35.5. The third kappa shape index (κ3) is 3.41. The topological polar surface area (TPSA) is 35.2 Å². The summed E-state index contributed by atoms with van der Waals surface area (Å²) in [5.41, 5.74) is 8.19. The molecule has 0 spiro atoms. The summed E-state index contributed by atoms with van der Waals surface area (Å²) in [5.74, 6) is 0.832. The fourth-order valence-electron chi connectivity index (χ4n) is 1.93. The zero-order chi connectivity index (χ0) is 13.8. The SMILES string of the molecule is COc1ccc(CC(N)c2cccc(Cl)c2Cl)cc1. The van der Waals surface area contributed by atoms with Gasteiger partial charge in [0.15, 0.2) is 0 Å². The van der Waals surface area contributed by atoms with Gasteiger partial charge in [0, 0.05) is 6.04 Å². The molecule has 19 heavy (non-hydrogen) atoms. The number of halogens is 2. The average molecular weight is 296 g/mol. The Hall–Kier alpha value is -1.22. The second kappa shape index (κ2) is 6.29. The van der Waals surface area contributed by atoms with E-state index in [-0.39, 0.29) is 6.04 Å². The molecule has 0 aliphatic heterocycles. The Morgan fingerprint density at radius 2 is 1.79 bits per heavy atom. The lowest BCUT2D eigenvalue weighted by Crippen LogP contribution is -2.13. The summed E-state index contributed by atoms with van der Waals surface area (Å²) < 4.78 is 5.12. The van der Waals surface area contributed by atoms with Crippen molar-refractivity contribution >= 4 is 23.2 Å². The summed E-state index contributed by atoms with van der Waals surface area (Å²) >= 11 is 12.2. The number of rotatable bonds is 4. The summed E-state index contributed by atoms with van der Waals surface area (Å²) in [6.45, 7) is 0. The van der Waals surface area contributed by atoms with Gasteiger partial charge in [-0.1, -0.05) is 47.5 Å². The lowest BCUT2D eigenvalue weighted by Gasteiger charge is -2.14. The van der Waals surface area contributed by atoms with Crippen LogP contribution in [0.4, 0.5) is 0 Å². The van der Waals surface area contributed by atoms with Crippen LogP contribution < -0.4 is 10.5 Å². The molecule has 0 saturated carbocycles. The molecule has 2 rings (SSSR count). The third-order valence-corrected chi connectivity index (χ3v) is 3.83. The van der Waals surface area contributed by atoms with Crippen molar-refractivity contribution in [1.29, 1.82) is 0 Å². The van der Waals surface area contributed by atoms with Crippen LogP contribution in [0.5, 0.6) is 5.75 Å². The quantitative estimate of drug-likeness (QED) is 0.915. The molecule has 0 saturated heterocycles. The van der Waals surface area contributed by atoms with Gasteiger partial charge < -0.3 is 10.5 Å². The molecule has 2 aromatic carbocycles. The van der Waals surface area contributed by atoms with E-state index in [9.17, 15) is 0 Å². The van der Waals surface area contributed by atoms with Gasteiger partial charge in [0.25, 0.3) is 0 Å². The van der Waals surface area contributed by atoms with E-state index in [2.05, 4.69) is 0 Å². The Balaban J connectivity index is 2.15. The van der Waals surface area contributed by atoms with E-state index in [0.29, 0.717) is 16.5 Å². The van der Waals surface area contributed by atoms with Crippen molar-refractivity contribution in [3.8, 4) is 5.75 Å². The minimum Gasteiger partial charge on any atom is -0.497 e. The minimum absolute atomic E-state index is 0.181. The molecule has 2 N–H and O–H groups in total. The van der Waals surface area contributed by atoms with Crippen LogP contribution in [0.25, 0.3) is 0 Å². The first-order chi connectivity index (χ1) is 9.11. The number of nitrogens with two attached hydrogens (primary N) is 1. The minimum atomic E-state index is -0.181. The predicted octanol–water partition coefficient (Wildman–Crippen LogP) is 4.24. The molecule has 0 radical (unpaired) electrons. The van der Waals surface area contributed by atoms with E-state index in [1.54, 1.807) is 13.2 Å². The lowest BCUT2D eigenvalue weighted by atomic mass is 9.99. The first-order valence-electron chi connectivity index (χ1n) is 5.94. The van der Waals surface area contributed by atoms with Crippen LogP contribution in [-0.2, 0) is 6.42 Å². The Morgan fingerprint density at radius 3 is 2.42 bits per heavy atom. The van der Waals surface area contributed by atoms with Crippen molar-refractivity contribution in [1.82, 2.24) is 0 Å². The van der Waals surface area contributed by atoms with Crippen LogP contribution in [0.2, 0.25) is 10.0 Å². The number of ether oxygens (including phenoxy) is 1. The molecule has 1 atom stereocenters. The highest BCUT2D eigenvalue weighted by Gasteiger charge is 2.12. The molecular weight excluding hydrogens is 281 g/mol.